The van der Waals surface area contributed by atoms with Crippen molar-refractivity contribution in [1.82, 2.24) is 0 Å². The fourth-order valence-electron chi connectivity index (χ4n) is 0.790. The fourth-order valence-corrected chi connectivity index (χ4v) is 1.05. The summed E-state index contributed by atoms with van der Waals surface area (Å²) in [5.74, 6) is 0. The van der Waals surface area contributed by atoms with E-state index in [1.165, 1.54) is 0 Å². The number of alkyl halides is 2. The third-order valence-corrected chi connectivity index (χ3v) is 2.01. The van der Waals surface area contributed by atoms with Crippen LogP contribution in [0.4, 0.5) is 8.78 Å². The van der Waals surface area contributed by atoms with E-state index < -0.39 is 6.43 Å². The van der Waals surface area contributed by atoms with Gasteiger partial charge in [0.2, 0.25) is 0 Å². The molecule has 64 valence electrons. The summed E-state index contributed by atoms with van der Waals surface area (Å²) in [6, 6.07) is 6.64. The second kappa shape index (κ2) is 3.81. The minimum absolute atomic E-state index is 0.137. The molecule has 0 spiro atoms. The van der Waals surface area contributed by atoms with Crippen LogP contribution in [0.25, 0.3) is 5.57 Å². The molecule has 0 aromatic heterocycles. The van der Waals surface area contributed by atoms with Gasteiger partial charge in [0.25, 0.3) is 6.43 Å². The first-order valence-corrected chi connectivity index (χ1v) is 4.13. The molecule has 0 saturated heterocycles. The predicted octanol–water partition coefficient (Wildman–Crippen LogP) is 3.73. The van der Waals surface area contributed by atoms with Crippen molar-refractivity contribution >= 4 is 21.5 Å². The van der Waals surface area contributed by atoms with Gasteiger partial charge in [-0.25, -0.2) is 8.78 Å². The Morgan fingerprint density at radius 2 is 1.75 bits per heavy atom. The van der Waals surface area contributed by atoms with Crippen LogP contribution >= 0.6 is 15.9 Å². The third-order valence-electron chi connectivity index (χ3n) is 1.48. The lowest BCUT2D eigenvalue weighted by molar-refractivity contribution is 0.215. The van der Waals surface area contributed by atoms with Gasteiger partial charge in [-0.2, -0.15) is 0 Å². The number of rotatable bonds is 2. The van der Waals surface area contributed by atoms with Crippen LogP contribution in [-0.2, 0) is 0 Å². The van der Waals surface area contributed by atoms with Gasteiger partial charge in [0, 0.05) is 10.0 Å². The Labute approximate surface area is 78.0 Å². The zero-order valence-corrected chi connectivity index (χ0v) is 7.81. The molecule has 3 heteroatoms. The van der Waals surface area contributed by atoms with E-state index in [-0.39, 0.29) is 5.57 Å². The number of halogens is 3. The van der Waals surface area contributed by atoms with E-state index in [2.05, 4.69) is 22.5 Å². The quantitative estimate of drug-likeness (QED) is 0.730. The molecule has 0 N–H and O–H groups in total. The smallest absolute Gasteiger partial charge is 0.205 e. The summed E-state index contributed by atoms with van der Waals surface area (Å²) in [6.07, 6.45) is -2.48. The van der Waals surface area contributed by atoms with Gasteiger partial charge in [-0.05, 0) is 17.7 Å². The van der Waals surface area contributed by atoms with Gasteiger partial charge in [-0.1, -0.05) is 34.6 Å². The lowest BCUT2D eigenvalue weighted by Gasteiger charge is -2.03. The van der Waals surface area contributed by atoms with Crippen molar-refractivity contribution in [3.63, 3.8) is 0 Å². The zero-order valence-electron chi connectivity index (χ0n) is 6.23. The Morgan fingerprint density at radius 1 is 1.25 bits per heavy atom. The second-order valence-corrected chi connectivity index (χ2v) is 3.25. The summed E-state index contributed by atoms with van der Waals surface area (Å²) in [5.41, 5.74) is 0.343. The molecule has 0 atom stereocenters. The van der Waals surface area contributed by atoms with E-state index in [1.54, 1.807) is 24.3 Å². The maximum Gasteiger partial charge on any atom is 0.263 e. The zero-order chi connectivity index (χ0) is 9.14. The Hall–Kier alpha value is -0.700. The van der Waals surface area contributed by atoms with E-state index in [4.69, 9.17) is 0 Å². The van der Waals surface area contributed by atoms with Gasteiger partial charge in [-0.3, -0.25) is 0 Å². The van der Waals surface area contributed by atoms with Gasteiger partial charge in [-0.15, -0.1) is 0 Å². The largest absolute Gasteiger partial charge is 0.263 e. The lowest BCUT2D eigenvalue weighted by atomic mass is 10.1. The molecule has 0 aliphatic heterocycles. The molecular weight excluding hydrogens is 226 g/mol. The van der Waals surface area contributed by atoms with Gasteiger partial charge < -0.3 is 0 Å². The Balaban J connectivity index is 2.90. The average Bonchev–Trinajstić information content (AvgIpc) is 2.04. The summed E-state index contributed by atoms with van der Waals surface area (Å²) in [5, 5.41) is 0. The van der Waals surface area contributed by atoms with Crippen LogP contribution in [0, 0.1) is 0 Å². The van der Waals surface area contributed by atoms with Crippen LogP contribution in [0.1, 0.15) is 5.56 Å². The fraction of sp³-hybridized carbons (Fsp3) is 0.111. The maximum absolute atomic E-state index is 12.1. The van der Waals surface area contributed by atoms with E-state index in [0.717, 1.165) is 4.47 Å². The van der Waals surface area contributed by atoms with Crippen molar-refractivity contribution in [3.05, 3.63) is 40.9 Å². The normalized spacial score (nSPS) is 10.3. The molecule has 0 aliphatic carbocycles. The number of hydrogen-bond donors (Lipinski definition) is 0. The molecule has 0 radical (unpaired) electrons. The van der Waals surface area contributed by atoms with Crippen LogP contribution in [0.5, 0.6) is 0 Å². The molecular formula is C9H7BrF2. The van der Waals surface area contributed by atoms with E-state index in [9.17, 15) is 8.78 Å². The highest BCUT2D eigenvalue weighted by atomic mass is 79.9. The van der Waals surface area contributed by atoms with Crippen LogP contribution < -0.4 is 0 Å². The van der Waals surface area contributed by atoms with Crippen molar-refractivity contribution in [2.75, 3.05) is 0 Å². The predicted molar refractivity (Wildman–Crippen MR) is 49.2 cm³/mol. The molecule has 1 aromatic carbocycles. The molecule has 0 fully saturated rings. The third kappa shape index (κ3) is 2.14. The van der Waals surface area contributed by atoms with Crippen LogP contribution in [0.2, 0.25) is 0 Å². The first-order valence-electron chi connectivity index (χ1n) is 3.34. The molecule has 0 amide bonds. The molecule has 0 saturated carbocycles. The molecule has 0 aliphatic rings. The summed E-state index contributed by atoms with van der Waals surface area (Å²) in [7, 11) is 0. The topological polar surface area (TPSA) is 0 Å². The molecule has 12 heavy (non-hydrogen) atoms. The van der Waals surface area contributed by atoms with Gasteiger partial charge in [0.15, 0.2) is 0 Å². The summed E-state index contributed by atoms with van der Waals surface area (Å²) >= 11 is 3.21. The molecule has 0 bridgehead atoms. The Kier molecular flexibility index (Phi) is 2.98. The Morgan fingerprint density at radius 3 is 2.17 bits per heavy atom. The van der Waals surface area contributed by atoms with Crippen LogP contribution in [0.3, 0.4) is 0 Å². The van der Waals surface area contributed by atoms with Crippen molar-refractivity contribution < 1.29 is 8.78 Å². The van der Waals surface area contributed by atoms with E-state index >= 15 is 0 Å². The van der Waals surface area contributed by atoms with Crippen molar-refractivity contribution in [3.8, 4) is 0 Å². The van der Waals surface area contributed by atoms with E-state index in [1.807, 2.05) is 0 Å². The summed E-state index contributed by atoms with van der Waals surface area (Å²) in [6.45, 7) is 3.29. The minimum atomic E-state index is -2.48. The van der Waals surface area contributed by atoms with Crippen LogP contribution in [-0.4, -0.2) is 6.43 Å². The van der Waals surface area contributed by atoms with Crippen molar-refractivity contribution in [1.29, 1.82) is 0 Å². The minimum Gasteiger partial charge on any atom is -0.205 e. The van der Waals surface area contributed by atoms with Gasteiger partial charge in [0.1, 0.15) is 0 Å². The monoisotopic (exact) mass is 232 g/mol. The molecule has 1 rings (SSSR count). The highest BCUT2D eigenvalue weighted by Crippen LogP contribution is 2.21. The molecule has 0 nitrogen and oxygen atoms in total. The standard InChI is InChI=1S/C9H7BrF2/c1-6(9(11)12)7-2-4-8(10)5-3-7/h2-5,9H,1H2. The van der Waals surface area contributed by atoms with Crippen molar-refractivity contribution in [2.45, 2.75) is 6.43 Å². The molecule has 1 aromatic rings. The average molecular weight is 233 g/mol. The van der Waals surface area contributed by atoms with Crippen LogP contribution in [0.15, 0.2) is 35.3 Å². The summed E-state index contributed by atoms with van der Waals surface area (Å²) in [4.78, 5) is 0. The highest BCUT2D eigenvalue weighted by Gasteiger charge is 2.09. The number of allylic oxidation sites excluding steroid dienone is 1. The van der Waals surface area contributed by atoms with Crippen molar-refractivity contribution in [2.24, 2.45) is 0 Å². The first-order chi connectivity index (χ1) is 5.61. The SMILES string of the molecule is C=C(c1ccc(Br)cc1)C(F)F. The first kappa shape index (κ1) is 9.39. The molecule has 0 heterocycles. The number of hydrogen-bond acceptors (Lipinski definition) is 0. The lowest BCUT2D eigenvalue weighted by Crippen LogP contribution is -1.93. The van der Waals surface area contributed by atoms with Gasteiger partial charge in [0.05, 0.1) is 0 Å². The summed E-state index contributed by atoms with van der Waals surface area (Å²) < 4.78 is 25.1. The number of benzene rings is 1. The second-order valence-electron chi connectivity index (χ2n) is 2.33. The van der Waals surface area contributed by atoms with E-state index in [0.29, 0.717) is 5.56 Å². The maximum atomic E-state index is 12.1. The highest BCUT2D eigenvalue weighted by molar-refractivity contribution is 9.10. The van der Waals surface area contributed by atoms with Gasteiger partial charge >= 0.3 is 0 Å². The molecule has 0 unspecified atom stereocenters. The Bertz CT molecular complexity index is 277.